The Morgan fingerprint density at radius 2 is 1.12 bits per heavy atom. The summed E-state index contributed by atoms with van der Waals surface area (Å²) >= 11 is 0. The molecule has 3 aliphatic rings. The molecule has 2 aromatic rings. The average molecular weight is 817 g/mol. The maximum Gasteiger partial charge on any atom is 0.245 e. The van der Waals surface area contributed by atoms with Crippen molar-refractivity contribution in [2.24, 2.45) is 5.92 Å². The van der Waals surface area contributed by atoms with E-state index in [1.54, 1.807) is 67.6 Å². The number of hydrogen-bond acceptors (Lipinski definition) is 9. The number of amides is 8. The molecule has 318 valence electrons. The third kappa shape index (κ3) is 11.4. The van der Waals surface area contributed by atoms with Crippen LogP contribution in [0.5, 0.6) is 0 Å². The van der Waals surface area contributed by atoms with Gasteiger partial charge in [-0.15, -0.1) is 0 Å². The first-order chi connectivity index (χ1) is 28.3. The van der Waals surface area contributed by atoms with Gasteiger partial charge in [-0.25, -0.2) is 0 Å². The second kappa shape index (κ2) is 20.7. The number of carbonyl (C=O) groups excluding carboxylic acids is 8. The van der Waals surface area contributed by atoms with Crippen LogP contribution in [0.1, 0.15) is 64.0 Å². The highest BCUT2D eigenvalue weighted by Crippen LogP contribution is 2.21. The Kier molecular flexibility index (Phi) is 15.6. The Bertz CT molecular complexity index is 1850. The molecule has 3 saturated heterocycles. The van der Waals surface area contributed by atoms with E-state index in [9.17, 15) is 43.5 Å². The first kappa shape index (κ1) is 44.3. The number of benzene rings is 2. The third-order valence-electron chi connectivity index (χ3n) is 11.3. The van der Waals surface area contributed by atoms with Gasteiger partial charge in [0, 0.05) is 25.9 Å². The first-order valence-electron chi connectivity index (χ1n) is 20.4. The van der Waals surface area contributed by atoms with E-state index in [2.05, 4.69) is 31.9 Å². The molecule has 3 heterocycles. The van der Waals surface area contributed by atoms with Gasteiger partial charge >= 0.3 is 0 Å². The van der Waals surface area contributed by atoms with E-state index in [1.165, 1.54) is 16.7 Å². The second-order valence-corrected chi connectivity index (χ2v) is 15.5. The van der Waals surface area contributed by atoms with Gasteiger partial charge in [0.2, 0.25) is 47.3 Å². The second-order valence-electron chi connectivity index (χ2n) is 15.5. The van der Waals surface area contributed by atoms with Crippen molar-refractivity contribution in [2.75, 3.05) is 26.2 Å². The summed E-state index contributed by atoms with van der Waals surface area (Å²) in [6.07, 6.45) is 2.08. The number of aliphatic hydroxyl groups is 1. The molecule has 0 aromatic heterocycles. The lowest BCUT2D eigenvalue weighted by Crippen LogP contribution is -2.61. The topological polar surface area (TPSA) is 235 Å². The smallest absolute Gasteiger partial charge is 0.245 e. The van der Waals surface area contributed by atoms with Crippen LogP contribution in [0.2, 0.25) is 0 Å². The molecule has 0 spiro atoms. The zero-order valence-electron chi connectivity index (χ0n) is 33.8. The molecule has 7 N–H and O–H groups in total. The van der Waals surface area contributed by atoms with Crippen molar-refractivity contribution in [1.82, 2.24) is 41.7 Å². The van der Waals surface area contributed by atoms with E-state index in [-0.39, 0.29) is 38.3 Å². The van der Waals surface area contributed by atoms with E-state index in [4.69, 9.17) is 0 Å². The number of aliphatic hydroxyl groups excluding tert-OH is 1. The largest absolute Gasteiger partial charge is 0.394 e. The molecule has 8 unspecified atom stereocenters. The molecule has 3 fully saturated rings. The normalized spacial score (nSPS) is 27.6. The predicted molar refractivity (Wildman–Crippen MR) is 215 cm³/mol. The molecule has 3 aliphatic heterocycles. The molecule has 17 nitrogen and oxygen atoms in total. The minimum atomic E-state index is -1.55. The standard InChI is InChI=1S/C42H56N8O9/c1-4-25(2)35-41(58)44-26(3)42(59)50-20-12-18-33(50)39(56)46-30(22-28-15-9-6-10-16-28)37(54)47-31(24-51)38(55)45-29(21-27-13-7-5-8-14-27)36(53)43-23-34(52)49-19-11-17-32(49)40(57)48-35/h5-10,13-16,25-26,29-33,35,51H,4,11-12,17-24H2,1-3H3,(H,43,53)(H,44,58)(H,45,55)(H,46,56)(H,47,54)(H,48,57). The van der Waals surface area contributed by atoms with E-state index >= 15 is 0 Å². The van der Waals surface area contributed by atoms with E-state index in [0.717, 1.165) is 0 Å². The fourth-order valence-electron chi connectivity index (χ4n) is 7.72. The molecule has 0 aliphatic carbocycles. The average Bonchev–Trinajstić information content (AvgIpc) is 3.94. The zero-order valence-corrected chi connectivity index (χ0v) is 33.8. The van der Waals surface area contributed by atoms with Gasteiger partial charge in [-0.05, 0) is 49.7 Å². The molecule has 8 amide bonds. The summed E-state index contributed by atoms with van der Waals surface area (Å²) in [6, 6.07) is 9.52. The van der Waals surface area contributed by atoms with Gasteiger partial charge in [-0.3, -0.25) is 38.4 Å². The summed E-state index contributed by atoms with van der Waals surface area (Å²) in [5.41, 5.74) is 1.35. The monoisotopic (exact) mass is 816 g/mol. The summed E-state index contributed by atoms with van der Waals surface area (Å²) in [5.74, 6) is -5.62. The highest BCUT2D eigenvalue weighted by molar-refractivity contribution is 5.98. The number of carbonyl (C=O) groups is 8. The lowest BCUT2D eigenvalue weighted by Gasteiger charge is -2.31. The maximum atomic E-state index is 13.9. The third-order valence-corrected chi connectivity index (χ3v) is 11.3. The summed E-state index contributed by atoms with van der Waals surface area (Å²) in [6.45, 7) is 4.23. The van der Waals surface area contributed by atoms with Crippen LogP contribution in [-0.4, -0.2) is 131 Å². The van der Waals surface area contributed by atoms with Crippen molar-refractivity contribution in [3.05, 3.63) is 71.8 Å². The van der Waals surface area contributed by atoms with Crippen molar-refractivity contribution < 1.29 is 43.5 Å². The van der Waals surface area contributed by atoms with Crippen LogP contribution < -0.4 is 31.9 Å². The minimum Gasteiger partial charge on any atom is -0.394 e. The van der Waals surface area contributed by atoms with Gasteiger partial charge in [-0.1, -0.05) is 80.9 Å². The summed E-state index contributed by atoms with van der Waals surface area (Å²) in [5, 5.41) is 26.3. The molecular weight excluding hydrogens is 761 g/mol. The lowest BCUT2D eigenvalue weighted by atomic mass is 9.97. The maximum absolute atomic E-state index is 13.9. The van der Waals surface area contributed by atoms with Gasteiger partial charge in [0.15, 0.2) is 0 Å². The van der Waals surface area contributed by atoms with Crippen LogP contribution in [0.3, 0.4) is 0 Å². The quantitative estimate of drug-likeness (QED) is 0.183. The van der Waals surface area contributed by atoms with Crippen molar-refractivity contribution in [3.63, 3.8) is 0 Å². The van der Waals surface area contributed by atoms with Gasteiger partial charge in [-0.2, -0.15) is 0 Å². The fraction of sp³-hybridized carbons (Fsp3) is 0.524. The molecule has 0 bridgehead atoms. The molecule has 8 atom stereocenters. The van der Waals surface area contributed by atoms with Gasteiger partial charge in [0.1, 0.15) is 42.3 Å². The highest BCUT2D eigenvalue weighted by Gasteiger charge is 2.41. The molecular formula is C42H56N8O9. The van der Waals surface area contributed by atoms with Crippen molar-refractivity contribution >= 4 is 47.3 Å². The van der Waals surface area contributed by atoms with Crippen molar-refractivity contribution in [2.45, 2.75) is 108 Å². The van der Waals surface area contributed by atoms with Gasteiger partial charge < -0.3 is 46.8 Å². The van der Waals surface area contributed by atoms with Gasteiger partial charge in [0.25, 0.3) is 0 Å². The number of nitrogens with zero attached hydrogens (tertiary/aromatic N) is 2. The number of nitrogens with one attached hydrogen (secondary N) is 6. The Hall–Kier alpha value is -5.84. The molecule has 17 heteroatoms. The minimum absolute atomic E-state index is 0.00102. The summed E-state index contributed by atoms with van der Waals surface area (Å²) in [7, 11) is 0. The highest BCUT2D eigenvalue weighted by atomic mass is 16.3. The summed E-state index contributed by atoms with van der Waals surface area (Å²) < 4.78 is 0. The van der Waals surface area contributed by atoms with Crippen LogP contribution in [0.15, 0.2) is 60.7 Å². The first-order valence-corrected chi connectivity index (χ1v) is 20.4. The number of hydrogen-bond donors (Lipinski definition) is 7. The van der Waals surface area contributed by atoms with Crippen LogP contribution in [0, 0.1) is 5.92 Å². The SMILES string of the molecule is CCC(C)C1NC(=O)C2CCCN2C(=O)CNC(=O)C(Cc2ccccc2)NC(=O)C(CO)NC(=O)C(Cc2ccccc2)NC(=O)C2CCCN2C(=O)C(C)NC1=O. The number of fused-ring (bicyclic) bond motifs is 2. The molecule has 59 heavy (non-hydrogen) atoms. The predicted octanol–water partition coefficient (Wildman–Crippen LogP) is -0.934. The van der Waals surface area contributed by atoms with Gasteiger partial charge in [0.05, 0.1) is 13.2 Å². The van der Waals surface area contributed by atoms with E-state index in [0.29, 0.717) is 36.8 Å². The number of rotatable bonds is 7. The molecule has 5 rings (SSSR count). The Morgan fingerprint density at radius 1 is 0.627 bits per heavy atom. The van der Waals surface area contributed by atoms with E-state index < -0.39 is 103 Å². The van der Waals surface area contributed by atoms with Crippen LogP contribution in [0.4, 0.5) is 0 Å². The fourth-order valence-corrected chi connectivity index (χ4v) is 7.72. The molecule has 0 radical (unpaired) electrons. The Morgan fingerprint density at radius 3 is 1.69 bits per heavy atom. The Labute approximate surface area is 343 Å². The lowest BCUT2D eigenvalue weighted by molar-refractivity contribution is -0.143. The molecule has 0 saturated carbocycles. The van der Waals surface area contributed by atoms with Crippen LogP contribution in [0.25, 0.3) is 0 Å². The van der Waals surface area contributed by atoms with E-state index in [1.807, 2.05) is 6.92 Å². The van der Waals surface area contributed by atoms with Crippen LogP contribution in [-0.2, 0) is 51.2 Å². The zero-order chi connectivity index (χ0) is 42.6. The molecule has 2 aromatic carbocycles. The van der Waals surface area contributed by atoms with Crippen LogP contribution >= 0.6 is 0 Å². The van der Waals surface area contributed by atoms with Crippen molar-refractivity contribution in [3.8, 4) is 0 Å². The van der Waals surface area contributed by atoms with Crippen molar-refractivity contribution in [1.29, 1.82) is 0 Å². The summed E-state index contributed by atoms with van der Waals surface area (Å²) in [4.78, 5) is 113. The Balaban J connectivity index is 1.47.